The molecule has 0 fully saturated rings. The van der Waals surface area contributed by atoms with E-state index in [1.54, 1.807) is 18.0 Å². The van der Waals surface area contributed by atoms with E-state index in [0.29, 0.717) is 22.9 Å². The number of methoxy groups -OCH3 is 1. The Morgan fingerprint density at radius 2 is 2.39 bits per heavy atom. The van der Waals surface area contributed by atoms with Gasteiger partial charge in [-0.15, -0.1) is 11.3 Å². The van der Waals surface area contributed by atoms with Gasteiger partial charge >= 0.3 is 0 Å². The minimum Gasteiger partial charge on any atom is -0.493 e. The summed E-state index contributed by atoms with van der Waals surface area (Å²) >= 11 is 4.79. The Morgan fingerprint density at radius 1 is 1.61 bits per heavy atom. The number of rotatable bonds is 5. The fourth-order valence-electron chi connectivity index (χ4n) is 1.69. The van der Waals surface area contributed by atoms with Crippen LogP contribution in [0.15, 0.2) is 22.1 Å². The Labute approximate surface area is 118 Å². The van der Waals surface area contributed by atoms with Gasteiger partial charge < -0.3 is 4.74 Å². The molecule has 2 aromatic heterocycles. The van der Waals surface area contributed by atoms with Gasteiger partial charge in [0, 0.05) is 11.0 Å². The van der Waals surface area contributed by atoms with Crippen molar-refractivity contribution in [1.82, 2.24) is 9.78 Å². The van der Waals surface area contributed by atoms with Crippen LogP contribution in [0.5, 0.6) is 5.75 Å². The summed E-state index contributed by atoms with van der Waals surface area (Å²) in [5.41, 5.74) is 0.516. The van der Waals surface area contributed by atoms with Gasteiger partial charge in [-0.25, -0.2) is 0 Å². The first-order valence-corrected chi connectivity index (χ1v) is 7.23. The normalized spacial score (nSPS) is 10.6. The molecule has 18 heavy (non-hydrogen) atoms. The molecule has 6 heteroatoms. The molecular weight excluding hydrogens is 316 g/mol. The van der Waals surface area contributed by atoms with Crippen LogP contribution in [0.3, 0.4) is 0 Å². The third-order valence-corrected chi connectivity index (χ3v) is 4.34. The molecule has 0 atom stereocenters. The molecule has 0 aliphatic rings. The lowest BCUT2D eigenvalue weighted by atomic mass is 10.2. The predicted molar refractivity (Wildman–Crippen MR) is 74.5 cm³/mol. The molecule has 0 aromatic carbocycles. The van der Waals surface area contributed by atoms with Crippen LogP contribution >= 0.6 is 27.3 Å². The van der Waals surface area contributed by atoms with E-state index < -0.39 is 0 Å². The molecule has 0 radical (unpaired) electrons. The Morgan fingerprint density at radius 3 is 2.94 bits per heavy atom. The first kappa shape index (κ1) is 13.3. The molecule has 0 aliphatic carbocycles. The number of aryl methyl sites for hydroxylation is 1. The smallest absolute Gasteiger partial charge is 0.225 e. The molecule has 0 saturated carbocycles. The highest BCUT2D eigenvalue weighted by Gasteiger charge is 2.23. The summed E-state index contributed by atoms with van der Waals surface area (Å²) < 4.78 is 7.73. The van der Waals surface area contributed by atoms with Crippen molar-refractivity contribution in [2.24, 2.45) is 0 Å². The second-order valence-corrected chi connectivity index (χ2v) is 5.48. The molecule has 2 aromatic rings. The zero-order chi connectivity index (χ0) is 13.1. The molecule has 96 valence electrons. The standard InChI is InChI=1S/C12H13BrN2O2S/c1-3-5-15-10(9(17-2)7-14-15)11(16)12-8(13)4-6-18-12/h4,6-7H,3,5H2,1-2H3. The van der Waals surface area contributed by atoms with Crippen molar-refractivity contribution in [1.29, 1.82) is 0 Å². The van der Waals surface area contributed by atoms with Crippen molar-refractivity contribution < 1.29 is 9.53 Å². The predicted octanol–water partition coefficient (Wildman–Crippen LogP) is 3.36. The molecular formula is C12H13BrN2O2S. The van der Waals surface area contributed by atoms with Gasteiger partial charge in [0.05, 0.1) is 18.2 Å². The van der Waals surface area contributed by atoms with Gasteiger partial charge in [-0.2, -0.15) is 5.10 Å². The topological polar surface area (TPSA) is 44.1 Å². The van der Waals surface area contributed by atoms with Gasteiger partial charge in [0.2, 0.25) is 5.78 Å². The highest BCUT2D eigenvalue weighted by Crippen LogP contribution is 2.29. The van der Waals surface area contributed by atoms with Crippen molar-refractivity contribution >= 4 is 33.0 Å². The van der Waals surface area contributed by atoms with E-state index in [2.05, 4.69) is 21.0 Å². The number of hydrogen-bond acceptors (Lipinski definition) is 4. The maximum atomic E-state index is 12.5. The Bertz CT molecular complexity index is 562. The quantitative estimate of drug-likeness (QED) is 0.790. The molecule has 0 aliphatic heterocycles. The average molecular weight is 329 g/mol. The minimum absolute atomic E-state index is 0.0559. The van der Waals surface area contributed by atoms with E-state index in [1.807, 2.05) is 18.4 Å². The lowest BCUT2D eigenvalue weighted by Crippen LogP contribution is -2.12. The number of carbonyl (C=O) groups excluding carboxylic acids is 1. The Kier molecular flexibility index (Phi) is 4.19. The largest absolute Gasteiger partial charge is 0.493 e. The third kappa shape index (κ3) is 2.35. The van der Waals surface area contributed by atoms with E-state index in [-0.39, 0.29) is 5.78 Å². The summed E-state index contributed by atoms with van der Waals surface area (Å²) in [5, 5.41) is 6.08. The zero-order valence-corrected chi connectivity index (χ0v) is 12.5. The second-order valence-electron chi connectivity index (χ2n) is 3.71. The van der Waals surface area contributed by atoms with E-state index in [4.69, 9.17) is 4.74 Å². The summed E-state index contributed by atoms with van der Waals surface area (Å²) in [6.45, 7) is 2.75. The van der Waals surface area contributed by atoms with Crippen LogP contribution in [0.1, 0.15) is 28.7 Å². The number of aromatic nitrogens is 2. The highest BCUT2D eigenvalue weighted by atomic mass is 79.9. The van der Waals surface area contributed by atoms with Gasteiger partial charge in [-0.3, -0.25) is 9.48 Å². The SMILES string of the molecule is CCCn1ncc(OC)c1C(=O)c1sccc1Br. The first-order valence-electron chi connectivity index (χ1n) is 5.56. The number of nitrogens with zero attached hydrogens (tertiary/aromatic N) is 2. The molecule has 0 saturated heterocycles. The van der Waals surface area contributed by atoms with Gasteiger partial charge in [0.1, 0.15) is 0 Å². The summed E-state index contributed by atoms with van der Waals surface area (Å²) in [6, 6.07) is 1.87. The molecule has 0 spiro atoms. The van der Waals surface area contributed by atoms with E-state index in [1.165, 1.54) is 11.3 Å². The lowest BCUT2D eigenvalue weighted by Gasteiger charge is -2.06. The highest BCUT2D eigenvalue weighted by molar-refractivity contribution is 9.10. The average Bonchev–Trinajstić information content (AvgIpc) is 2.95. The van der Waals surface area contributed by atoms with Gasteiger partial charge in [-0.05, 0) is 33.8 Å². The molecule has 0 unspecified atom stereocenters. The van der Waals surface area contributed by atoms with Crippen LogP contribution in [-0.2, 0) is 6.54 Å². The van der Waals surface area contributed by atoms with E-state index in [0.717, 1.165) is 10.9 Å². The Balaban J connectivity index is 2.46. The summed E-state index contributed by atoms with van der Waals surface area (Å²) in [7, 11) is 1.55. The summed E-state index contributed by atoms with van der Waals surface area (Å²) in [4.78, 5) is 13.2. The lowest BCUT2D eigenvalue weighted by molar-refractivity contribution is 0.102. The van der Waals surface area contributed by atoms with Crippen LogP contribution in [0.4, 0.5) is 0 Å². The van der Waals surface area contributed by atoms with Crippen LogP contribution in [-0.4, -0.2) is 22.7 Å². The summed E-state index contributed by atoms with van der Waals surface area (Å²) in [6.07, 6.45) is 2.50. The van der Waals surface area contributed by atoms with Gasteiger partial charge in [-0.1, -0.05) is 6.92 Å². The molecule has 2 rings (SSSR count). The van der Waals surface area contributed by atoms with Crippen LogP contribution in [0.25, 0.3) is 0 Å². The zero-order valence-electron chi connectivity index (χ0n) is 10.1. The van der Waals surface area contributed by atoms with Crippen LogP contribution in [0, 0.1) is 0 Å². The number of ether oxygens (including phenoxy) is 1. The maximum Gasteiger partial charge on any atom is 0.225 e. The fourth-order valence-corrected chi connectivity index (χ4v) is 3.18. The van der Waals surface area contributed by atoms with Crippen molar-refractivity contribution in [2.75, 3.05) is 7.11 Å². The summed E-state index contributed by atoms with van der Waals surface area (Å²) in [5.74, 6) is 0.466. The maximum absolute atomic E-state index is 12.5. The van der Waals surface area contributed by atoms with Crippen molar-refractivity contribution in [2.45, 2.75) is 19.9 Å². The third-order valence-electron chi connectivity index (χ3n) is 2.50. The monoisotopic (exact) mass is 328 g/mol. The molecule has 0 N–H and O–H groups in total. The number of ketones is 1. The molecule has 0 amide bonds. The van der Waals surface area contributed by atoms with Crippen LogP contribution in [0.2, 0.25) is 0 Å². The van der Waals surface area contributed by atoms with Gasteiger partial charge in [0.25, 0.3) is 0 Å². The van der Waals surface area contributed by atoms with Gasteiger partial charge in [0.15, 0.2) is 11.4 Å². The van der Waals surface area contributed by atoms with Crippen LogP contribution < -0.4 is 4.74 Å². The van der Waals surface area contributed by atoms with E-state index in [9.17, 15) is 4.79 Å². The van der Waals surface area contributed by atoms with Crippen molar-refractivity contribution in [3.05, 3.63) is 32.7 Å². The minimum atomic E-state index is -0.0559. The number of hydrogen-bond donors (Lipinski definition) is 0. The van der Waals surface area contributed by atoms with E-state index >= 15 is 0 Å². The molecule has 0 bridgehead atoms. The van der Waals surface area contributed by atoms with Crippen molar-refractivity contribution in [3.63, 3.8) is 0 Å². The second kappa shape index (κ2) is 5.67. The molecule has 2 heterocycles. The van der Waals surface area contributed by atoms with Crippen molar-refractivity contribution in [3.8, 4) is 5.75 Å². The first-order chi connectivity index (χ1) is 8.69. The number of thiophene rings is 1. The molecule has 4 nitrogen and oxygen atoms in total. The fraction of sp³-hybridized carbons (Fsp3) is 0.333. The number of halogens is 1. The Hall–Kier alpha value is -1.14. The number of carbonyl (C=O) groups is 1.